The Morgan fingerprint density at radius 3 is 2.57 bits per heavy atom. The van der Waals surface area contributed by atoms with Crippen LogP contribution >= 0.6 is 23.2 Å². The molecule has 0 saturated heterocycles. The summed E-state index contributed by atoms with van der Waals surface area (Å²) in [5.74, 6) is 0.116. The van der Waals surface area contributed by atoms with E-state index in [1.54, 1.807) is 30.3 Å². The molecule has 0 saturated carbocycles. The van der Waals surface area contributed by atoms with E-state index in [-0.39, 0.29) is 5.91 Å². The van der Waals surface area contributed by atoms with Crippen LogP contribution in [-0.2, 0) is 0 Å². The molecule has 0 aromatic heterocycles. The van der Waals surface area contributed by atoms with Crippen LogP contribution in [0, 0.1) is 6.92 Å². The largest absolute Gasteiger partial charge is 0.495 e. The Balaban J connectivity index is 2.28. The summed E-state index contributed by atoms with van der Waals surface area (Å²) in [4.78, 5) is 12.2. The number of methoxy groups -OCH3 is 1. The first-order valence-corrected chi connectivity index (χ1v) is 6.88. The van der Waals surface area contributed by atoms with Crippen molar-refractivity contribution in [1.82, 2.24) is 0 Å². The van der Waals surface area contributed by atoms with Crippen LogP contribution in [0.25, 0.3) is 0 Å². The Morgan fingerprint density at radius 1 is 1.19 bits per heavy atom. The van der Waals surface area contributed by atoms with Crippen molar-refractivity contribution in [2.45, 2.75) is 6.92 Å². The molecule has 0 heterocycles. The van der Waals surface area contributed by atoms with Crippen LogP contribution in [0.4, 0.5) is 11.4 Å². The van der Waals surface area contributed by atoms with E-state index in [0.717, 1.165) is 5.56 Å². The molecule has 6 heteroatoms. The van der Waals surface area contributed by atoms with Crippen molar-refractivity contribution in [3.63, 3.8) is 0 Å². The SMILES string of the molecule is COc1cc(C(=O)Nc2cc(Cl)c(C)cc2Cl)ccc1N. The number of anilines is 2. The molecule has 110 valence electrons. The lowest BCUT2D eigenvalue weighted by atomic mass is 10.1. The maximum Gasteiger partial charge on any atom is 0.255 e. The van der Waals surface area contributed by atoms with Crippen molar-refractivity contribution in [2.75, 3.05) is 18.2 Å². The molecule has 21 heavy (non-hydrogen) atoms. The number of carbonyl (C=O) groups excluding carboxylic acids is 1. The molecular formula is C15H14Cl2N2O2. The monoisotopic (exact) mass is 324 g/mol. The van der Waals surface area contributed by atoms with Gasteiger partial charge in [-0.15, -0.1) is 0 Å². The van der Waals surface area contributed by atoms with Gasteiger partial charge >= 0.3 is 0 Å². The van der Waals surface area contributed by atoms with Crippen molar-refractivity contribution in [3.05, 3.63) is 51.5 Å². The molecule has 0 aliphatic heterocycles. The Kier molecular flexibility index (Phi) is 4.60. The highest BCUT2D eigenvalue weighted by Crippen LogP contribution is 2.29. The number of benzene rings is 2. The minimum atomic E-state index is -0.324. The third-order valence-corrected chi connectivity index (χ3v) is 3.71. The predicted octanol–water partition coefficient (Wildman–Crippen LogP) is 4.14. The number of ether oxygens (including phenoxy) is 1. The Bertz CT molecular complexity index is 702. The van der Waals surface area contributed by atoms with E-state index in [1.165, 1.54) is 7.11 Å². The highest BCUT2D eigenvalue weighted by molar-refractivity contribution is 6.36. The van der Waals surface area contributed by atoms with Gasteiger partial charge in [0.15, 0.2) is 0 Å². The number of rotatable bonds is 3. The van der Waals surface area contributed by atoms with Crippen LogP contribution in [0.3, 0.4) is 0 Å². The number of nitrogens with two attached hydrogens (primary N) is 1. The number of halogens is 2. The minimum Gasteiger partial charge on any atom is -0.495 e. The maximum atomic E-state index is 12.2. The fraction of sp³-hybridized carbons (Fsp3) is 0.133. The summed E-state index contributed by atoms with van der Waals surface area (Å²) in [5, 5.41) is 3.67. The molecular weight excluding hydrogens is 311 g/mol. The molecule has 1 amide bonds. The van der Waals surface area contributed by atoms with Crippen LogP contribution < -0.4 is 15.8 Å². The van der Waals surface area contributed by atoms with E-state index in [0.29, 0.717) is 32.7 Å². The normalized spacial score (nSPS) is 10.3. The average molecular weight is 325 g/mol. The molecule has 3 N–H and O–H groups in total. The van der Waals surface area contributed by atoms with Crippen LogP contribution in [0.5, 0.6) is 5.75 Å². The average Bonchev–Trinajstić information content (AvgIpc) is 2.45. The molecule has 4 nitrogen and oxygen atoms in total. The van der Waals surface area contributed by atoms with Crippen LogP contribution in [0.15, 0.2) is 30.3 Å². The summed E-state index contributed by atoms with van der Waals surface area (Å²) in [7, 11) is 1.49. The minimum absolute atomic E-state index is 0.324. The number of amides is 1. The first kappa shape index (κ1) is 15.5. The lowest BCUT2D eigenvalue weighted by Gasteiger charge is -2.11. The third kappa shape index (κ3) is 3.40. The fourth-order valence-electron chi connectivity index (χ4n) is 1.79. The first-order chi connectivity index (χ1) is 9.92. The van der Waals surface area contributed by atoms with E-state index >= 15 is 0 Å². The van der Waals surface area contributed by atoms with Gasteiger partial charge in [0.25, 0.3) is 5.91 Å². The van der Waals surface area contributed by atoms with E-state index < -0.39 is 0 Å². The summed E-state index contributed by atoms with van der Waals surface area (Å²) in [5.41, 5.74) is 7.89. The molecule has 2 aromatic carbocycles. The summed E-state index contributed by atoms with van der Waals surface area (Å²) in [6.45, 7) is 1.84. The standard InChI is InChI=1S/C15H14Cl2N2O2/c1-8-5-11(17)13(7-10(8)16)19-15(20)9-3-4-12(18)14(6-9)21-2/h3-7H,18H2,1-2H3,(H,19,20). The molecule has 0 unspecified atom stereocenters. The number of nitrogens with one attached hydrogen (secondary N) is 1. The van der Waals surface area contributed by atoms with Gasteiger partial charge in [0, 0.05) is 10.6 Å². The van der Waals surface area contributed by atoms with Gasteiger partial charge in [0.2, 0.25) is 0 Å². The zero-order valence-corrected chi connectivity index (χ0v) is 13.0. The van der Waals surface area contributed by atoms with Gasteiger partial charge in [-0.25, -0.2) is 0 Å². The van der Waals surface area contributed by atoms with Gasteiger partial charge in [-0.1, -0.05) is 23.2 Å². The number of aryl methyl sites for hydroxylation is 1. The van der Waals surface area contributed by atoms with E-state index in [1.807, 2.05) is 6.92 Å². The summed E-state index contributed by atoms with van der Waals surface area (Å²) in [6.07, 6.45) is 0. The van der Waals surface area contributed by atoms with Gasteiger partial charge in [0.05, 0.1) is 23.5 Å². The quantitative estimate of drug-likeness (QED) is 0.834. The van der Waals surface area contributed by atoms with Crippen molar-refractivity contribution < 1.29 is 9.53 Å². The lowest BCUT2D eigenvalue weighted by Crippen LogP contribution is -2.12. The molecule has 0 fully saturated rings. The van der Waals surface area contributed by atoms with Crippen molar-refractivity contribution in [1.29, 1.82) is 0 Å². The van der Waals surface area contributed by atoms with Gasteiger partial charge in [-0.05, 0) is 42.8 Å². The van der Waals surface area contributed by atoms with Crippen LogP contribution in [0.1, 0.15) is 15.9 Å². The van der Waals surface area contributed by atoms with E-state index in [9.17, 15) is 4.79 Å². The molecule has 2 aromatic rings. The zero-order chi connectivity index (χ0) is 15.6. The topological polar surface area (TPSA) is 64.3 Å². The molecule has 0 atom stereocenters. The van der Waals surface area contributed by atoms with E-state index in [2.05, 4.69) is 5.32 Å². The predicted molar refractivity (Wildman–Crippen MR) is 86.6 cm³/mol. The lowest BCUT2D eigenvalue weighted by molar-refractivity contribution is 0.102. The number of carbonyl (C=O) groups is 1. The third-order valence-electron chi connectivity index (χ3n) is 2.99. The molecule has 2 rings (SSSR count). The number of hydrogen-bond acceptors (Lipinski definition) is 3. The Hall–Kier alpha value is -1.91. The van der Waals surface area contributed by atoms with Gasteiger partial charge in [0.1, 0.15) is 5.75 Å². The molecule has 0 radical (unpaired) electrons. The van der Waals surface area contributed by atoms with Gasteiger partial charge in [-0.2, -0.15) is 0 Å². The zero-order valence-electron chi connectivity index (χ0n) is 11.5. The second-order valence-electron chi connectivity index (χ2n) is 4.49. The van der Waals surface area contributed by atoms with Crippen molar-refractivity contribution >= 4 is 40.5 Å². The van der Waals surface area contributed by atoms with Crippen molar-refractivity contribution in [2.24, 2.45) is 0 Å². The molecule has 0 aliphatic carbocycles. The summed E-state index contributed by atoms with van der Waals surface area (Å²) in [6, 6.07) is 8.09. The first-order valence-electron chi connectivity index (χ1n) is 6.13. The summed E-state index contributed by atoms with van der Waals surface area (Å²) >= 11 is 12.1. The second-order valence-corrected chi connectivity index (χ2v) is 5.31. The molecule has 0 bridgehead atoms. The highest BCUT2D eigenvalue weighted by atomic mass is 35.5. The van der Waals surface area contributed by atoms with Gasteiger partial charge < -0.3 is 15.8 Å². The maximum absolute atomic E-state index is 12.2. The Labute approximate surface area is 132 Å². The Morgan fingerprint density at radius 2 is 1.90 bits per heavy atom. The molecule has 0 aliphatic rings. The van der Waals surface area contributed by atoms with Crippen molar-refractivity contribution in [3.8, 4) is 5.75 Å². The second kappa shape index (κ2) is 6.24. The number of hydrogen-bond donors (Lipinski definition) is 2. The molecule has 0 spiro atoms. The smallest absolute Gasteiger partial charge is 0.255 e. The van der Waals surface area contributed by atoms with Gasteiger partial charge in [-0.3, -0.25) is 4.79 Å². The summed E-state index contributed by atoms with van der Waals surface area (Å²) < 4.78 is 5.09. The van der Waals surface area contributed by atoms with Crippen LogP contribution in [0.2, 0.25) is 10.0 Å². The van der Waals surface area contributed by atoms with E-state index in [4.69, 9.17) is 33.7 Å². The fourth-order valence-corrected chi connectivity index (χ4v) is 2.22. The number of nitrogen functional groups attached to an aromatic ring is 1. The van der Waals surface area contributed by atoms with Crippen LogP contribution in [-0.4, -0.2) is 13.0 Å². The highest BCUT2D eigenvalue weighted by Gasteiger charge is 2.12.